The molecule has 1 aromatic heterocycles. The van der Waals surface area contributed by atoms with Crippen LogP contribution in [-0.2, 0) is 7.05 Å². The maximum Gasteiger partial charge on any atom is 0.297 e. The number of nitro groups is 1. The zero-order valence-electron chi connectivity index (χ0n) is 16.3. The van der Waals surface area contributed by atoms with Crippen molar-refractivity contribution in [1.82, 2.24) is 9.36 Å². The summed E-state index contributed by atoms with van der Waals surface area (Å²) >= 11 is 0. The van der Waals surface area contributed by atoms with Crippen LogP contribution < -0.4 is 5.56 Å². The number of nitrogens with zero attached hydrogens (tertiary/aromatic N) is 4. The summed E-state index contributed by atoms with van der Waals surface area (Å²) in [4.78, 5) is 28.2. The molecule has 0 radical (unpaired) electrons. The third kappa shape index (κ3) is 3.04. The molecule has 8 heteroatoms. The number of non-ortho nitro benzene ring substituents is 1. The maximum absolute atomic E-state index is 13.0. The molecule has 0 amide bonds. The van der Waals surface area contributed by atoms with Crippen molar-refractivity contribution in [2.45, 2.75) is 6.92 Å². The van der Waals surface area contributed by atoms with Gasteiger partial charge in [0.05, 0.1) is 21.7 Å². The number of aromatic nitrogens is 2. The van der Waals surface area contributed by atoms with Gasteiger partial charge in [0, 0.05) is 30.3 Å². The Morgan fingerprint density at radius 1 is 1.07 bits per heavy atom. The lowest BCUT2D eigenvalue weighted by atomic mass is 10.0. The van der Waals surface area contributed by atoms with Gasteiger partial charge in [0.25, 0.3) is 11.2 Å². The molecule has 0 fully saturated rings. The number of hydrogen-bond acceptors (Lipinski definition) is 5. The second-order valence-electron chi connectivity index (χ2n) is 6.80. The number of fused-ring (bicyclic) bond motifs is 1. The van der Waals surface area contributed by atoms with E-state index in [9.17, 15) is 20.0 Å². The predicted octanol–water partition coefficient (Wildman–Crippen LogP) is 4.00. The largest absolute Gasteiger partial charge is 0.507 e. The second-order valence-corrected chi connectivity index (χ2v) is 6.80. The van der Waals surface area contributed by atoms with E-state index >= 15 is 0 Å². The van der Waals surface area contributed by atoms with E-state index in [0.29, 0.717) is 22.2 Å². The number of phenols is 1. The van der Waals surface area contributed by atoms with Crippen molar-refractivity contribution in [2.24, 2.45) is 12.0 Å². The molecule has 30 heavy (non-hydrogen) atoms. The highest BCUT2D eigenvalue weighted by Gasteiger charge is 2.19. The molecule has 0 aliphatic carbocycles. The van der Waals surface area contributed by atoms with Crippen LogP contribution in [0.4, 0.5) is 11.4 Å². The Balaban J connectivity index is 1.86. The van der Waals surface area contributed by atoms with Crippen molar-refractivity contribution in [2.75, 3.05) is 0 Å². The molecule has 3 aromatic carbocycles. The number of aromatic hydroxyl groups is 1. The SMILES string of the molecule is Cc1c(N=Cc2cc([N+](=O)[O-])c3ccccc3c2O)c(=O)n(-c2ccccc2)n1C. The van der Waals surface area contributed by atoms with Gasteiger partial charge in [-0.1, -0.05) is 36.4 Å². The molecule has 0 unspecified atom stereocenters. The maximum atomic E-state index is 13.0. The summed E-state index contributed by atoms with van der Waals surface area (Å²) < 4.78 is 3.18. The predicted molar refractivity (Wildman–Crippen MR) is 115 cm³/mol. The second kappa shape index (κ2) is 7.32. The molecule has 0 bridgehead atoms. The molecule has 4 aromatic rings. The van der Waals surface area contributed by atoms with E-state index in [-0.39, 0.29) is 28.2 Å². The Hall–Kier alpha value is -4.20. The van der Waals surface area contributed by atoms with Crippen molar-refractivity contribution in [1.29, 1.82) is 0 Å². The van der Waals surface area contributed by atoms with Gasteiger partial charge in [-0.25, -0.2) is 9.67 Å². The van der Waals surface area contributed by atoms with Gasteiger partial charge in [0.1, 0.15) is 5.75 Å². The Kier molecular flexibility index (Phi) is 4.67. The van der Waals surface area contributed by atoms with Gasteiger partial charge in [0.15, 0.2) is 5.69 Å². The van der Waals surface area contributed by atoms with E-state index < -0.39 is 4.92 Å². The molecule has 150 valence electrons. The topological polar surface area (TPSA) is 103 Å². The molecule has 1 heterocycles. The molecular formula is C22H18N4O4. The van der Waals surface area contributed by atoms with Crippen LogP contribution >= 0.6 is 0 Å². The summed E-state index contributed by atoms with van der Waals surface area (Å²) in [7, 11) is 1.75. The first kappa shape index (κ1) is 19.1. The Labute approximate surface area is 171 Å². The molecule has 0 saturated heterocycles. The Morgan fingerprint density at radius 2 is 1.70 bits per heavy atom. The molecule has 1 N–H and O–H groups in total. The number of benzene rings is 3. The third-order valence-electron chi connectivity index (χ3n) is 5.08. The number of rotatable bonds is 4. The first-order valence-electron chi connectivity index (χ1n) is 9.17. The highest BCUT2D eigenvalue weighted by molar-refractivity contribution is 6.02. The van der Waals surface area contributed by atoms with Gasteiger partial charge >= 0.3 is 0 Å². The normalized spacial score (nSPS) is 11.4. The Bertz CT molecular complexity index is 1370. The lowest BCUT2D eigenvalue weighted by Gasteiger charge is -2.07. The van der Waals surface area contributed by atoms with Crippen LogP contribution in [0.5, 0.6) is 5.75 Å². The van der Waals surface area contributed by atoms with E-state index in [0.717, 1.165) is 0 Å². The smallest absolute Gasteiger partial charge is 0.297 e. The highest BCUT2D eigenvalue weighted by Crippen LogP contribution is 2.35. The monoisotopic (exact) mass is 402 g/mol. The number of phenolic OH excluding ortho intramolecular Hbond substituents is 1. The van der Waals surface area contributed by atoms with Crippen LogP contribution in [-0.4, -0.2) is 25.6 Å². The summed E-state index contributed by atoms with van der Waals surface area (Å²) in [6, 6.07) is 16.9. The van der Waals surface area contributed by atoms with Gasteiger partial charge in [-0.3, -0.25) is 19.6 Å². The zero-order chi connectivity index (χ0) is 21.4. The molecule has 0 aliphatic rings. The quantitative estimate of drug-likeness (QED) is 0.316. The van der Waals surface area contributed by atoms with Crippen molar-refractivity contribution < 1.29 is 10.0 Å². The van der Waals surface area contributed by atoms with Crippen molar-refractivity contribution in [3.8, 4) is 11.4 Å². The minimum atomic E-state index is -0.505. The zero-order valence-corrected chi connectivity index (χ0v) is 16.3. The first-order valence-corrected chi connectivity index (χ1v) is 9.17. The summed E-state index contributed by atoms with van der Waals surface area (Å²) in [6.45, 7) is 1.76. The summed E-state index contributed by atoms with van der Waals surface area (Å²) in [6.07, 6.45) is 1.29. The van der Waals surface area contributed by atoms with E-state index in [1.54, 1.807) is 42.9 Å². The Morgan fingerprint density at radius 3 is 2.37 bits per heavy atom. The fourth-order valence-corrected chi connectivity index (χ4v) is 3.45. The third-order valence-corrected chi connectivity index (χ3v) is 5.08. The summed E-state index contributed by atoms with van der Waals surface area (Å²) in [5, 5.41) is 22.8. The number of hydrogen-bond donors (Lipinski definition) is 1. The first-order chi connectivity index (χ1) is 14.4. The van der Waals surface area contributed by atoms with Gasteiger partial charge in [0.2, 0.25) is 0 Å². The van der Waals surface area contributed by atoms with Crippen molar-refractivity contribution in [3.05, 3.63) is 92.4 Å². The van der Waals surface area contributed by atoms with Crippen LogP contribution in [0.25, 0.3) is 16.5 Å². The fraction of sp³-hybridized carbons (Fsp3) is 0.0909. The van der Waals surface area contributed by atoms with E-state index in [1.165, 1.54) is 17.0 Å². The van der Waals surface area contributed by atoms with Crippen LogP contribution in [0, 0.1) is 17.0 Å². The standard InChI is InChI=1S/C22H18N4O4/c1-14-20(22(28)25(24(14)2)16-8-4-3-5-9-16)23-13-15-12-19(26(29)30)17-10-6-7-11-18(17)21(15)27/h3-13,27H,1-2H3. The van der Waals surface area contributed by atoms with Crippen molar-refractivity contribution in [3.63, 3.8) is 0 Å². The molecule has 8 nitrogen and oxygen atoms in total. The minimum Gasteiger partial charge on any atom is -0.507 e. The van der Waals surface area contributed by atoms with Gasteiger partial charge in [-0.05, 0) is 25.1 Å². The average molecular weight is 402 g/mol. The van der Waals surface area contributed by atoms with Gasteiger partial charge < -0.3 is 5.11 Å². The molecule has 4 rings (SSSR count). The number of aliphatic imine (C=N–C) groups is 1. The van der Waals surface area contributed by atoms with Gasteiger partial charge in [-0.2, -0.15) is 0 Å². The molecule has 0 saturated carbocycles. The van der Waals surface area contributed by atoms with Crippen LogP contribution in [0.2, 0.25) is 0 Å². The number of para-hydroxylation sites is 1. The lowest BCUT2D eigenvalue weighted by molar-refractivity contribution is -0.383. The van der Waals surface area contributed by atoms with E-state index in [1.807, 2.05) is 30.3 Å². The summed E-state index contributed by atoms with van der Waals surface area (Å²) in [5.74, 6) is -0.128. The molecule has 0 aliphatic heterocycles. The highest BCUT2D eigenvalue weighted by atomic mass is 16.6. The van der Waals surface area contributed by atoms with Crippen molar-refractivity contribution >= 4 is 28.4 Å². The lowest BCUT2D eigenvalue weighted by Crippen LogP contribution is -2.19. The molecular weight excluding hydrogens is 384 g/mol. The van der Waals surface area contributed by atoms with Crippen LogP contribution in [0.1, 0.15) is 11.3 Å². The fourth-order valence-electron chi connectivity index (χ4n) is 3.45. The van der Waals surface area contributed by atoms with Gasteiger partial charge in [-0.15, -0.1) is 0 Å². The summed E-state index contributed by atoms with van der Waals surface area (Å²) in [5.41, 5.74) is 1.20. The van der Waals surface area contributed by atoms with Crippen LogP contribution in [0.3, 0.4) is 0 Å². The number of nitro benzene ring substituents is 1. The van der Waals surface area contributed by atoms with E-state index in [4.69, 9.17) is 0 Å². The van der Waals surface area contributed by atoms with Crippen LogP contribution in [0.15, 0.2) is 70.5 Å². The minimum absolute atomic E-state index is 0.128. The molecule has 0 spiro atoms. The van der Waals surface area contributed by atoms with E-state index in [2.05, 4.69) is 4.99 Å². The average Bonchev–Trinajstić information content (AvgIpc) is 2.96. The molecule has 0 atom stereocenters.